The van der Waals surface area contributed by atoms with Crippen LogP contribution >= 0.6 is 11.3 Å². The van der Waals surface area contributed by atoms with Crippen molar-refractivity contribution in [3.8, 4) is 22.0 Å². The molecule has 2 heterocycles. The minimum absolute atomic E-state index is 0.0160. The van der Waals surface area contributed by atoms with E-state index in [1.54, 1.807) is 11.3 Å². The van der Waals surface area contributed by atoms with Gasteiger partial charge in [-0.25, -0.2) is 4.98 Å². The number of hydrogen-bond acceptors (Lipinski definition) is 6. The van der Waals surface area contributed by atoms with Crippen molar-refractivity contribution in [2.24, 2.45) is 0 Å². The Kier molecular flexibility index (Phi) is 5.20. The molecule has 0 unspecified atom stereocenters. The number of hydrogen-bond donors (Lipinski definition) is 1. The predicted molar refractivity (Wildman–Crippen MR) is 126 cm³/mol. The highest BCUT2D eigenvalue weighted by molar-refractivity contribution is 7.21. The smallest absolute Gasteiger partial charge is 0.248 e. The van der Waals surface area contributed by atoms with E-state index in [-0.39, 0.29) is 12.5 Å². The van der Waals surface area contributed by atoms with Crippen LogP contribution in [0.4, 0.5) is 5.69 Å². The maximum Gasteiger partial charge on any atom is 0.248 e. The van der Waals surface area contributed by atoms with Gasteiger partial charge in [-0.15, -0.1) is 21.5 Å². The van der Waals surface area contributed by atoms with Gasteiger partial charge in [-0.1, -0.05) is 30.3 Å². The van der Waals surface area contributed by atoms with Gasteiger partial charge >= 0.3 is 0 Å². The molecule has 0 atom stereocenters. The number of carbonyl (C=O) groups is 1. The monoisotopic (exact) mass is 440 g/mol. The summed E-state index contributed by atoms with van der Waals surface area (Å²) < 4.78 is 1.17. The number of nitrogens with one attached hydrogen (secondary N) is 1. The Morgan fingerprint density at radius 2 is 1.84 bits per heavy atom. The van der Waals surface area contributed by atoms with Crippen LogP contribution in [0.5, 0.6) is 0 Å². The number of nitrogens with zero attached hydrogens (tertiary/aromatic N) is 5. The Hall–Kier alpha value is -3.91. The summed E-state index contributed by atoms with van der Waals surface area (Å²) in [7, 11) is 0. The van der Waals surface area contributed by atoms with Gasteiger partial charge in [-0.05, 0) is 66.6 Å². The Labute approximate surface area is 188 Å². The fourth-order valence-electron chi connectivity index (χ4n) is 3.42. The highest BCUT2D eigenvalue weighted by Crippen LogP contribution is 2.31. The first-order valence-electron chi connectivity index (χ1n) is 10.2. The largest absolute Gasteiger partial charge is 0.324 e. The van der Waals surface area contributed by atoms with Crippen molar-refractivity contribution in [1.29, 1.82) is 0 Å². The molecular weight excluding hydrogens is 420 g/mol. The van der Waals surface area contributed by atoms with Crippen LogP contribution in [0.1, 0.15) is 11.1 Å². The number of tetrazole rings is 1. The van der Waals surface area contributed by atoms with Crippen LogP contribution < -0.4 is 5.32 Å². The standard InChI is InChI=1S/C24H20N6OS/c1-15-7-12-20-21(13-15)32-24(26-20)17-8-10-18(11-9-17)25-22(31)14-30-28-23(27-29-30)19-6-4-3-5-16(19)2/h3-13H,14H2,1-2H3,(H,25,31). The van der Waals surface area contributed by atoms with Crippen molar-refractivity contribution in [3.63, 3.8) is 0 Å². The molecule has 32 heavy (non-hydrogen) atoms. The third-order valence-corrected chi connectivity index (χ3v) is 6.15. The van der Waals surface area contributed by atoms with Crippen LogP contribution in [-0.2, 0) is 11.3 Å². The summed E-state index contributed by atoms with van der Waals surface area (Å²) in [4.78, 5) is 18.5. The number of fused-ring (bicyclic) bond motifs is 1. The van der Waals surface area contributed by atoms with E-state index in [9.17, 15) is 4.79 Å². The minimum atomic E-state index is -0.220. The van der Waals surface area contributed by atoms with Gasteiger partial charge < -0.3 is 5.32 Å². The molecule has 2 aromatic heterocycles. The fraction of sp³-hybridized carbons (Fsp3) is 0.125. The maximum absolute atomic E-state index is 12.4. The van der Waals surface area contributed by atoms with E-state index in [1.165, 1.54) is 15.1 Å². The maximum atomic E-state index is 12.4. The molecule has 1 N–H and O–H groups in total. The summed E-state index contributed by atoms with van der Waals surface area (Å²) in [6.07, 6.45) is 0. The van der Waals surface area contributed by atoms with Crippen molar-refractivity contribution in [3.05, 3.63) is 77.9 Å². The normalized spacial score (nSPS) is 11.1. The quantitative estimate of drug-likeness (QED) is 0.421. The molecular formula is C24H20N6OS. The van der Waals surface area contributed by atoms with Crippen LogP contribution in [-0.4, -0.2) is 31.1 Å². The Morgan fingerprint density at radius 1 is 1.03 bits per heavy atom. The molecule has 0 saturated heterocycles. The molecule has 3 aromatic carbocycles. The first kappa shape index (κ1) is 20.0. The molecule has 0 aliphatic carbocycles. The van der Waals surface area contributed by atoms with E-state index in [1.807, 2.05) is 61.5 Å². The lowest BCUT2D eigenvalue weighted by molar-refractivity contribution is -0.117. The predicted octanol–water partition coefficient (Wildman–Crippen LogP) is 4.87. The number of rotatable bonds is 5. The Balaban J connectivity index is 1.25. The molecule has 0 aliphatic heterocycles. The van der Waals surface area contributed by atoms with Crippen LogP contribution in [0.3, 0.4) is 0 Å². The van der Waals surface area contributed by atoms with Crippen LogP contribution in [0.25, 0.3) is 32.2 Å². The molecule has 0 aliphatic rings. The number of thiazole rings is 1. The number of aromatic nitrogens is 5. The second-order valence-corrected chi connectivity index (χ2v) is 8.60. The van der Waals surface area contributed by atoms with Crippen LogP contribution in [0, 0.1) is 13.8 Å². The molecule has 158 valence electrons. The van der Waals surface area contributed by atoms with Gasteiger partial charge in [0, 0.05) is 16.8 Å². The summed E-state index contributed by atoms with van der Waals surface area (Å²) in [6, 6.07) is 21.7. The van der Waals surface area contributed by atoms with Crippen molar-refractivity contribution in [2.75, 3.05) is 5.32 Å². The lowest BCUT2D eigenvalue weighted by Crippen LogP contribution is -2.20. The van der Waals surface area contributed by atoms with Gasteiger partial charge in [-0.2, -0.15) is 4.80 Å². The zero-order valence-electron chi connectivity index (χ0n) is 17.6. The summed E-state index contributed by atoms with van der Waals surface area (Å²) >= 11 is 1.66. The number of amides is 1. The number of anilines is 1. The molecule has 8 heteroatoms. The molecule has 0 bridgehead atoms. The lowest BCUT2D eigenvalue weighted by atomic mass is 10.1. The van der Waals surface area contributed by atoms with Crippen molar-refractivity contribution in [2.45, 2.75) is 20.4 Å². The number of aryl methyl sites for hydroxylation is 2. The topological polar surface area (TPSA) is 85.6 Å². The average Bonchev–Trinajstić information content (AvgIpc) is 3.41. The summed E-state index contributed by atoms with van der Waals surface area (Å²) in [5.41, 5.74) is 5.90. The lowest BCUT2D eigenvalue weighted by Gasteiger charge is -2.05. The number of benzene rings is 3. The van der Waals surface area contributed by atoms with Crippen molar-refractivity contribution < 1.29 is 4.79 Å². The molecule has 1 amide bonds. The first-order valence-corrected chi connectivity index (χ1v) is 11.0. The van der Waals surface area contributed by atoms with Crippen LogP contribution in [0.2, 0.25) is 0 Å². The number of carbonyl (C=O) groups excluding carboxylic acids is 1. The third kappa shape index (κ3) is 4.13. The van der Waals surface area contributed by atoms with Gasteiger partial charge in [0.15, 0.2) is 0 Å². The zero-order valence-corrected chi connectivity index (χ0v) is 18.4. The highest BCUT2D eigenvalue weighted by Gasteiger charge is 2.12. The fourth-order valence-corrected chi connectivity index (χ4v) is 4.49. The molecule has 0 fully saturated rings. The zero-order chi connectivity index (χ0) is 22.1. The van der Waals surface area contributed by atoms with E-state index < -0.39 is 0 Å². The van der Waals surface area contributed by atoms with Crippen molar-refractivity contribution in [1.82, 2.24) is 25.2 Å². The molecule has 5 rings (SSSR count). The highest BCUT2D eigenvalue weighted by atomic mass is 32.1. The van der Waals surface area contributed by atoms with Gasteiger partial charge in [0.05, 0.1) is 10.2 Å². The molecule has 5 aromatic rings. The second kappa shape index (κ2) is 8.32. The second-order valence-electron chi connectivity index (χ2n) is 7.57. The average molecular weight is 441 g/mol. The van der Waals surface area contributed by atoms with E-state index >= 15 is 0 Å². The van der Waals surface area contributed by atoms with Gasteiger partial charge in [0.25, 0.3) is 0 Å². The molecule has 7 nitrogen and oxygen atoms in total. The molecule has 0 saturated carbocycles. The van der Waals surface area contributed by atoms with Gasteiger partial charge in [0.1, 0.15) is 11.6 Å². The third-order valence-electron chi connectivity index (χ3n) is 5.08. The van der Waals surface area contributed by atoms with E-state index in [0.29, 0.717) is 11.5 Å². The van der Waals surface area contributed by atoms with E-state index in [0.717, 1.165) is 27.2 Å². The molecule has 0 spiro atoms. The van der Waals surface area contributed by atoms with Gasteiger partial charge in [-0.3, -0.25) is 4.79 Å². The SMILES string of the molecule is Cc1ccc2nc(-c3ccc(NC(=O)Cn4nnc(-c5ccccc5C)n4)cc3)sc2c1. The summed E-state index contributed by atoms with van der Waals surface area (Å²) in [5.74, 6) is 0.285. The Bertz CT molecular complexity index is 1420. The van der Waals surface area contributed by atoms with Gasteiger partial charge in [0.2, 0.25) is 11.7 Å². The van der Waals surface area contributed by atoms with Crippen LogP contribution in [0.15, 0.2) is 66.7 Å². The Morgan fingerprint density at radius 3 is 2.66 bits per heavy atom. The molecule has 0 radical (unpaired) electrons. The minimum Gasteiger partial charge on any atom is -0.324 e. The summed E-state index contributed by atoms with van der Waals surface area (Å²) in [5, 5.41) is 16.2. The van der Waals surface area contributed by atoms with E-state index in [2.05, 4.69) is 39.8 Å². The first-order chi connectivity index (χ1) is 15.5. The van der Waals surface area contributed by atoms with Crippen molar-refractivity contribution >= 4 is 33.1 Å². The summed E-state index contributed by atoms with van der Waals surface area (Å²) in [6.45, 7) is 4.05. The van der Waals surface area contributed by atoms with E-state index in [4.69, 9.17) is 4.98 Å².